The number of amides is 1. The molecule has 1 unspecified atom stereocenters. The predicted octanol–water partition coefficient (Wildman–Crippen LogP) is 0.954. The maximum absolute atomic E-state index is 13.1. The Balaban J connectivity index is 1.55. The molecule has 1 atom stereocenters. The van der Waals surface area contributed by atoms with E-state index in [1.807, 2.05) is 6.20 Å². The average Bonchev–Trinajstić information content (AvgIpc) is 2.90. The third-order valence-corrected chi connectivity index (χ3v) is 3.66. The van der Waals surface area contributed by atoms with Gasteiger partial charge in [0.25, 0.3) is 0 Å². The van der Waals surface area contributed by atoms with Crippen LogP contribution in [-0.4, -0.2) is 43.2 Å². The quantitative estimate of drug-likeness (QED) is 0.786. The molecule has 112 valence electrons. The van der Waals surface area contributed by atoms with Gasteiger partial charge in [0.1, 0.15) is 11.9 Å². The topological polar surface area (TPSA) is 66.2 Å². The van der Waals surface area contributed by atoms with Gasteiger partial charge in [0, 0.05) is 30.2 Å². The number of morpholine rings is 1. The minimum absolute atomic E-state index is 0.0411. The lowest BCUT2D eigenvalue weighted by Gasteiger charge is -2.22. The van der Waals surface area contributed by atoms with Gasteiger partial charge < -0.3 is 20.4 Å². The van der Waals surface area contributed by atoms with Crippen molar-refractivity contribution in [1.82, 2.24) is 15.6 Å². The van der Waals surface area contributed by atoms with Crippen LogP contribution in [0.15, 0.2) is 24.4 Å². The van der Waals surface area contributed by atoms with Crippen LogP contribution in [0.5, 0.6) is 0 Å². The smallest absolute Gasteiger partial charge is 0.239 e. The van der Waals surface area contributed by atoms with Crippen LogP contribution in [0, 0.1) is 5.82 Å². The number of carbonyl (C=O) groups is 1. The fraction of sp³-hybridized carbons (Fsp3) is 0.400. The zero-order chi connectivity index (χ0) is 14.7. The number of benzene rings is 1. The highest BCUT2D eigenvalue weighted by Crippen LogP contribution is 2.19. The van der Waals surface area contributed by atoms with Gasteiger partial charge >= 0.3 is 0 Å². The molecule has 5 nitrogen and oxygen atoms in total. The van der Waals surface area contributed by atoms with E-state index in [1.54, 1.807) is 6.07 Å². The van der Waals surface area contributed by atoms with Gasteiger partial charge in [-0.1, -0.05) is 0 Å². The van der Waals surface area contributed by atoms with E-state index in [1.165, 1.54) is 12.1 Å². The van der Waals surface area contributed by atoms with E-state index in [0.29, 0.717) is 32.7 Å². The van der Waals surface area contributed by atoms with Crippen LogP contribution >= 0.6 is 0 Å². The number of halogens is 1. The molecule has 0 aliphatic carbocycles. The van der Waals surface area contributed by atoms with Crippen LogP contribution in [0.4, 0.5) is 4.39 Å². The maximum Gasteiger partial charge on any atom is 0.239 e. The Bertz CT molecular complexity index is 635. The SMILES string of the molecule is O=C(NCCc1c[nH]c2cc(F)ccc12)C1COCCN1. The summed E-state index contributed by atoms with van der Waals surface area (Å²) in [5.41, 5.74) is 1.84. The Morgan fingerprint density at radius 1 is 1.48 bits per heavy atom. The summed E-state index contributed by atoms with van der Waals surface area (Å²) in [5.74, 6) is -0.298. The number of aromatic amines is 1. The Morgan fingerprint density at radius 3 is 3.19 bits per heavy atom. The van der Waals surface area contributed by atoms with E-state index in [9.17, 15) is 9.18 Å². The van der Waals surface area contributed by atoms with E-state index in [4.69, 9.17) is 4.74 Å². The molecule has 0 spiro atoms. The third-order valence-electron chi connectivity index (χ3n) is 3.66. The lowest BCUT2D eigenvalue weighted by molar-refractivity contribution is -0.125. The van der Waals surface area contributed by atoms with Crippen LogP contribution in [-0.2, 0) is 16.0 Å². The van der Waals surface area contributed by atoms with Crippen molar-refractivity contribution in [3.05, 3.63) is 35.8 Å². The summed E-state index contributed by atoms with van der Waals surface area (Å²) in [4.78, 5) is 15.0. The highest BCUT2D eigenvalue weighted by molar-refractivity contribution is 5.84. The lowest BCUT2D eigenvalue weighted by atomic mass is 10.1. The van der Waals surface area contributed by atoms with Crippen LogP contribution < -0.4 is 10.6 Å². The van der Waals surface area contributed by atoms with Crippen LogP contribution in [0.25, 0.3) is 10.9 Å². The number of carbonyl (C=O) groups excluding carboxylic acids is 1. The van der Waals surface area contributed by atoms with E-state index in [2.05, 4.69) is 15.6 Å². The summed E-state index contributed by atoms with van der Waals surface area (Å²) in [6, 6.07) is 4.41. The summed E-state index contributed by atoms with van der Waals surface area (Å²) < 4.78 is 18.4. The summed E-state index contributed by atoms with van der Waals surface area (Å²) in [7, 11) is 0. The minimum atomic E-state index is -0.268. The normalized spacial score (nSPS) is 18.8. The first kappa shape index (κ1) is 14.0. The van der Waals surface area contributed by atoms with Crippen molar-refractivity contribution < 1.29 is 13.9 Å². The molecule has 21 heavy (non-hydrogen) atoms. The van der Waals surface area contributed by atoms with Gasteiger partial charge in [0.15, 0.2) is 0 Å². The van der Waals surface area contributed by atoms with Crippen molar-refractivity contribution >= 4 is 16.8 Å². The second-order valence-electron chi connectivity index (χ2n) is 5.13. The van der Waals surface area contributed by atoms with Crippen molar-refractivity contribution in [2.45, 2.75) is 12.5 Å². The van der Waals surface area contributed by atoms with Gasteiger partial charge in [0.2, 0.25) is 5.91 Å². The standard InChI is InChI=1S/C15H18FN3O2/c16-11-1-2-12-10(8-19-13(12)7-11)3-4-18-15(20)14-9-21-6-5-17-14/h1-2,7-8,14,17,19H,3-6,9H2,(H,18,20). The first-order valence-corrected chi connectivity index (χ1v) is 7.08. The van der Waals surface area contributed by atoms with Gasteiger partial charge in [-0.15, -0.1) is 0 Å². The van der Waals surface area contributed by atoms with Crippen molar-refractivity contribution in [1.29, 1.82) is 0 Å². The van der Waals surface area contributed by atoms with Gasteiger partial charge in [-0.3, -0.25) is 4.79 Å². The molecule has 1 aliphatic rings. The monoisotopic (exact) mass is 291 g/mol. The largest absolute Gasteiger partial charge is 0.378 e. The van der Waals surface area contributed by atoms with Crippen molar-refractivity contribution in [3.8, 4) is 0 Å². The molecule has 1 saturated heterocycles. The summed E-state index contributed by atoms with van der Waals surface area (Å²) in [6.07, 6.45) is 2.56. The Morgan fingerprint density at radius 2 is 2.38 bits per heavy atom. The molecule has 1 aliphatic heterocycles. The summed E-state index contributed by atoms with van der Waals surface area (Å²) in [5, 5.41) is 7.00. The Labute approximate surface area is 121 Å². The zero-order valence-corrected chi connectivity index (χ0v) is 11.6. The molecular formula is C15H18FN3O2. The minimum Gasteiger partial charge on any atom is -0.378 e. The van der Waals surface area contributed by atoms with Crippen LogP contribution in [0.3, 0.4) is 0 Å². The van der Waals surface area contributed by atoms with E-state index in [-0.39, 0.29) is 17.8 Å². The van der Waals surface area contributed by atoms with E-state index < -0.39 is 0 Å². The molecule has 2 heterocycles. The molecule has 6 heteroatoms. The molecule has 0 saturated carbocycles. The zero-order valence-electron chi connectivity index (χ0n) is 11.6. The fourth-order valence-electron chi connectivity index (χ4n) is 2.54. The molecule has 1 fully saturated rings. The second-order valence-corrected chi connectivity index (χ2v) is 5.13. The number of nitrogens with one attached hydrogen (secondary N) is 3. The van der Waals surface area contributed by atoms with Gasteiger partial charge in [0.05, 0.1) is 13.2 Å². The van der Waals surface area contributed by atoms with Crippen LogP contribution in [0.1, 0.15) is 5.56 Å². The number of aromatic nitrogens is 1. The third kappa shape index (κ3) is 3.22. The second kappa shape index (κ2) is 6.24. The van der Waals surface area contributed by atoms with Crippen molar-refractivity contribution in [2.24, 2.45) is 0 Å². The highest BCUT2D eigenvalue weighted by atomic mass is 19.1. The molecule has 1 amide bonds. The van der Waals surface area contributed by atoms with E-state index in [0.717, 1.165) is 16.5 Å². The Hall–Kier alpha value is -1.92. The Kier molecular flexibility index (Phi) is 4.17. The van der Waals surface area contributed by atoms with Crippen molar-refractivity contribution in [2.75, 3.05) is 26.3 Å². The molecule has 3 N–H and O–H groups in total. The van der Waals surface area contributed by atoms with E-state index >= 15 is 0 Å². The number of ether oxygens (including phenoxy) is 1. The number of hydrogen-bond acceptors (Lipinski definition) is 3. The number of rotatable bonds is 4. The first-order valence-electron chi connectivity index (χ1n) is 7.08. The van der Waals surface area contributed by atoms with Gasteiger partial charge in [-0.2, -0.15) is 0 Å². The maximum atomic E-state index is 13.1. The van der Waals surface area contributed by atoms with Crippen molar-refractivity contribution in [3.63, 3.8) is 0 Å². The predicted molar refractivity (Wildman–Crippen MR) is 77.6 cm³/mol. The molecule has 0 radical (unpaired) electrons. The average molecular weight is 291 g/mol. The molecule has 2 aromatic rings. The van der Waals surface area contributed by atoms with Gasteiger partial charge in [-0.25, -0.2) is 4.39 Å². The molecule has 1 aromatic carbocycles. The van der Waals surface area contributed by atoms with Gasteiger partial charge in [-0.05, 0) is 30.2 Å². The lowest BCUT2D eigenvalue weighted by Crippen LogP contribution is -2.51. The summed E-state index contributed by atoms with van der Waals surface area (Å²) in [6.45, 7) is 2.31. The first-order chi connectivity index (χ1) is 10.2. The highest BCUT2D eigenvalue weighted by Gasteiger charge is 2.20. The summed E-state index contributed by atoms with van der Waals surface area (Å²) >= 11 is 0. The van der Waals surface area contributed by atoms with Crippen LogP contribution in [0.2, 0.25) is 0 Å². The number of H-pyrrole nitrogens is 1. The number of hydrogen-bond donors (Lipinski definition) is 3. The molecular weight excluding hydrogens is 273 g/mol. The number of fused-ring (bicyclic) bond motifs is 1. The fourth-order valence-corrected chi connectivity index (χ4v) is 2.54. The molecule has 1 aromatic heterocycles. The molecule has 0 bridgehead atoms. The molecule has 3 rings (SSSR count).